The van der Waals surface area contributed by atoms with Gasteiger partial charge in [-0.25, -0.2) is 4.39 Å². The molecule has 0 unspecified atom stereocenters. The molecule has 0 aliphatic carbocycles. The van der Waals surface area contributed by atoms with Gasteiger partial charge in [-0.05, 0) is 35.2 Å². The molecule has 0 aromatic heterocycles. The van der Waals surface area contributed by atoms with Gasteiger partial charge in [-0.2, -0.15) is 0 Å². The average molecular weight is 314 g/mol. The van der Waals surface area contributed by atoms with Gasteiger partial charge in [0.1, 0.15) is 5.82 Å². The van der Waals surface area contributed by atoms with Crippen LogP contribution in [0.4, 0.5) is 10.1 Å². The van der Waals surface area contributed by atoms with E-state index in [9.17, 15) is 9.18 Å². The van der Waals surface area contributed by atoms with Crippen LogP contribution in [0.3, 0.4) is 0 Å². The van der Waals surface area contributed by atoms with Gasteiger partial charge >= 0.3 is 0 Å². The van der Waals surface area contributed by atoms with Crippen molar-refractivity contribution in [3.63, 3.8) is 0 Å². The third kappa shape index (κ3) is 5.54. The summed E-state index contributed by atoms with van der Waals surface area (Å²) in [6, 6.07) is 13.6. The fourth-order valence-electron chi connectivity index (χ4n) is 1.92. The van der Waals surface area contributed by atoms with Gasteiger partial charge in [0.25, 0.3) is 5.91 Å². The molecule has 0 heterocycles. The molecule has 1 amide bonds. The molecular weight excluding hydrogens is 295 g/mol. The van der Waals surface area contributed by atoms with Crippen LogP contribution in [-0.2, 0) is 9.63 Å². The average Bonchev–Trinajstić information content (AvgIpc) is 2.52. The van der Waals surface area contributed by atoms with Crippen molar-refractivity contribution in [3.05, 3.63) is 65.5 Å². The number of halogens is 1. The Morgan fingerprint density at radius 1 is 1.26 bits per heavy atom. The van der Waals surface area contributed by atoms with E-state index in [-0.39, 0.29) is 6.61 Å². The van der Waals surface area contributed by atoms with E-state index in [1.807, 2.05) is 24.3 Å². The predicted octanol–water partition coefficient (Wildman–Crippen LogP) is 3.94. The van der Waals surface area contributed by atoms with Crippen molar-refractivity contribution in [2.75, 3.05) is 11.9 Å². The molecule has 0 aliphatic heterocycles. The number of carbonyl (C=O) groups excluding carboxylic acids is 1. The summed E-state index contributed by atoms with van der Waals surface area (Å²) in [5.74, 6) is -0.335. The lowest BCUT2D eigenvalue weighted by Gasteiger charge is -2.05. The molecule has 2 aromatic rings. The quantitative estimate of drug-likeness (QED) is 0.648. The number of nitrogens with one attached hydrogen (secondary N) is 1. The molecule has 0 aliphatic rings. The number of hydrogen-bond acceptors (Lipinski definition) is 3. The standard InChI is InChI=1S/C18H19FN2O2/c1-13(2)15-8-6-14(7-9-15)11-20-23-12-18(22)21-17-5-3-4-16(19)10-17/h3-11,13H,12H2,1-2H3,(H,21,22)/b20-11-. The molecule has 0 atom stereocenters. The van der Waals surface area contributed by atoms with Gasteiger partial charge in [0.2, 0.25) is 0 Å². The monoisotopic (exact) mass is 314 g/mol. The number of rotatable bonds is 6. The molecule has 5 heteroatoms. The molecule has 120 valence electrons. The zero-order valence-electron chi connectivity index (χ0n) is 13.1. The summed E-state index contributed by atoms with van der Waals surface area (Å²) in [6.45, 7) is 4.02. The number of benzene rings is 2. The van der Waals surface area contributed by atoms with Crippen LogP contribution in [0.5, 0.6) is 0 Å². The normalized spacial score (nSPS) is 11.0. The fraction of sp³-hybridized carbons (Fsp3) is 0.222. The van der Waals surface area contributed by atoms with Crippen molar-refractivity contribution in [2.24, 2.45) is 5.16 Å². The summed E-state index contributed by atoms with van der Waals surface area (Å²) in [4.78, 5) is 16.6. The first kappa shape index (κ1) is 16.7. The maximum absolute atomic E-state index is 13.0. The zero-order valence-corrected chi connectivity index (χ0v) is 13.1. The van der Waals surface area contributed by atoms with Crippen molar-refractivity contribution >= 4 is 17.8 Å². The van der Waals surface area contributed by atoms with Crippen molar-refractivity contribution in [3.8, 4) is 0 Å². The molecule has 0 bridgehead atoms. The van der Waals surface area contributed by atoms with E-state index in [2.05, 4.69) is 24.3 Å². The Hall–Kier alpha value is -2.69. The van der Waals surface area contributed by atoms with Gasteiger partial charge in [0.05, 0.1) is 6.21 Å². The highest BCUT2D eigenvalue weighted by Gasteiger charge is 2.03. The van der Waals surface area contributed by atoms with Crippen LogP contribution in [0.1, 0.15) is 30.9 Å². The number of carbonyl (C=O) groups is 1. The van der Waals surface area contributed by atoms with Crippen LogP contribution in [-0.4, -0.2) is 18.7 Å². The number of oxime groups is 1. The number of anilines is 1. The fourth-order valence-corrected chi connectivity index (χ4v) is 1.92. The largest absolute Gasteiger partial charge is 0.386 e. The summed E-state index contributed by atoms with van der Waals surface area (Å²) >= 11 is 0. The summed E-state index contributed by atoms with van der Waals surface area (Å²) in [5.41, 5.74) is 2.52. The minimum absolute atomic E-state index is 0.239. The molecule has 23 heavy (non-hydrogen) atoms. The van der Waals surface area contributed by atoms with E-state index in [4.69, 9.17) is 4.84 Å². The Labute approximate surface area is 135 Å². The third-order valence-electron chi connectivity index (χ3n) is 3.18. The molecule has 0 radical (unpaired) electrons. The van der Waals surface area contributed by atoms with E-state index < -0.39 is 11.7 Å². The topological polar surface area (TPSA) is 50.7 Å². The first-order valence-corrected chi connectivity index (χ1v) is 7.35. The highest BCUT2D eigenvalue weighted by atomic mass is 19.1. The SMILES string of the molecule is CC(C)c1ccc(/C=N\OCC(=O)Nc2cccc(F)c2)cc1. The summed E-state index contributed by atoms with van der Waals surface area (Å²) in [7, 11) is 0. The Morgan fingerprint density at radius 3 is 2.65 bits per heavy atom. The summed E-state index contributed by atoms with van der Waals surface area (Å²) in [6.07, 6.45) is 1.54. The van der Waals surface area contributed by atoms with Gasteiger partial charge in [-0.1, -0.05) is 49.3 Å². The van der Waals surface area contributed by atoms with Crippen LogP contribution in [0.25, 0.3) is 0 Å². The van der Waals surface area contributed by atoms with Gasteiger partial charge < -0.3 is 10.2 Å². The molecule has 2 aromatic carbocycles. The Morgan fingerprint density at radius 2 is 2.00 bits per heavy atom. The first-order valence-electron chi connectivity index (χ1n) is 7.35. The second-order valence-corrected chi connectivity index (χ2v) is 5.39. The molecule has 4 nitrogen and oxygen atoms in total. The number of hydrogen-bond donors (Lipinski definition) is 1. The Kier molecular flexibility index (Phi) is 5.86. The molecule has 0 saturated heterocycles. The van der Waals surface area contributed by atoms with Crippen LogP contribution in [0.15, 0.2) is 53.7 Å². The molecule has 2 rings (SSSR count). The van der Waals surface area contributed by atoms with Crippen LogP contribution < -0.4 is 5.32 Å². The number of nitrogens with zero attached hydrogens (tertiary/aromatic N) is 1. The highest BCUT2D eigenvalue weighted by molar-refractivity contribution is 5.91. The molecule has 1 N–H and O–H groups in total. The van der Waals surface area contributed by atoms with Crippen molar-refractivity contribution in [1.29, 1.82) is 0 Å². The van der Waals surface area contributed by atoms with E-state index in [1.54, 1.807) is 12.3 Å². The smallest absolute Gasteiger partial charge is 0.265 e. The van der Waals surface area contributed by atoms with Gasteiger partial charge in [-0.15, -0.1) is 0 Å². The maximum Gasteiger partial charge on any atom is 0.265 e. The van der Waals surface area contributed by atoms with E-state index in [0.29, 0.717) is 11.6 Å². The summed E-state index contributed by atoms with van der Waals surface area (Å²) in [5, 5.41) is 6.28. The zero-order chi connectivity index (χ0) is 16.7. The number of amides is 1. The highest BCUT2D eigenvalue weighted by Crippen LogP contribution is 2.14. The van der Waals surface area contributed by atoms with Crippen molar-refractivity contribution in [1.82, 2.24) is 0 Å². The molecule has 0 spiro atoms. The van der Waals surface area contributed by atoms with Crippen LogP contribution >= 0.6 is 0 Å². The second-order valence-electron chi connectivity index (χ2n) is 5.39. The van der Waals surface area contributed by atoms with Gasteiger partial charge in [-0.3, -0.25) is 4.79 Å². The van der Waals surface area contributed by atoms with Crippen LogP contribution in [0, 0.1) is 5.82 Å². The first-order chi connectivity index (χ1) is 11.0. The minimum atomic E-state index is -0.411. The van der Waals surface area contributed by atoms with E-state index in [0.717, 1.165) is 5.56 Å². The Bertz CT molecular complexity index is 682. The lowest BCUT2D eigenvalue weighted by molar-refractivity contribution is -0.120. The van der Waals surface area contributed by atoms with Gasteiger partial charge in [0.15, 0.2) is 6.61 Å². The second kappa shape index (κ2) is 8.08. The lowest BCUT2D eigenvalue weighted by Crippen LogP contribution is -2.17. The summed E-state index contributed by atoms with van der Waals surface area (Å²) < 4.78 is 13.0. The predicted molar refractivity (Wildman–Crippen MR) is 89.1 cm³/mol. The molecule has 0 saturated carbocycles. The van der Waals surface area contributed by atoms with E-state index >= 15 is 0 Å². The van der Waals surface area contributed by atoms with E-state index in [1.165, 1.54) is 23.8 Å². The maximum atomic E-state index is 13.0. The molecule has 0 fully saturated rings. The van der Waals surface area contributed by atoms with Crippen molar-refractivity contribution < 1.29 is 14.0 Å². The molecular formula is C18H19FN2O2. The lowest BCUT2D eigenvalue weighted by atomic mass is 10.0. The minimum Gasteiger partial charge on any atom is -0.386 e. The van der Waals surface area contributed by atoms with Gasteiger partial charge in [0, 0.05) is 5.69 Å². The Balaban J connectivity index is 1.78. The van der Waals surface area contributed by atoms with Crippen LogP contribution in [0.2, 0.25) is 0 Å². The van der Waals surface area contributed by atoms with Crippen molar-refractivity contribution in [2.45, 2.75) is 19.8 Å². The third-order valence-corrected chi connectivity index (χ3v) is 3.18.